The highest BCUT2D eigenvalue weighted by Crippen LogP contribution is 2.40. The highest BCUT2D eigenvalue weighted by molar-refractivity contribution is 5.89. The number of rotatable bonds is 15. The van der Waals surface area contributed by atoms with Crippen LogP contribution >= 0.6 is 0 Å². The summed E-state index contributed by atoms with van der Waals surface area (Å²) in [5.41, 5.74) is -1.07. The zero-order valence-electron chi connectivity index (χ0n) is 36.3. The lowest BCUT2D eigenvalue weighted by Gasteiger charge is -2.43. The van der Waals surface area contributed by atoms with Crippen LogP contribution in [0.1, 0.15) is 5.56 Å². The van der Waals surface area contributed by atoms with Gasteiger partial charge in [0.25, 0.3) is 0 Å². The van der Waals surface area contributed by atoms with E-state index < -0.39 is 146 Å². The lowest BCUT2D eigenvalue weighted by molar-refractivity contribution is -0.324. The molecule has 0 bridgehead atoms. The van der Waals surface area contributed by atoms with Crippen LogP contribution in [0.25, 0.3) is 28.4 Å². The van der Waals surface area contributed by atoms with E-state index in [1.54, 1.807) is 0 Å². The van der Waals surface area contributed by atoms with Crippen LogP contribution in [-0.4, -0.2) is 199 Å². The number of ether oxygens (including phenoxy) is 9. The van der Waals surface area contributed by atoms with Crippen molar-refractivity contribution in [1.82, 2.24) is 0 Å². The van der Waals surface area contributed by atoms with Crippen LogP contribution in [0.2, 0.25) is 0 Å². The molecule has 0 spiro atoms. The third-order valence-corrected chi connectivity index (χ3v) is 11.5. The number of aliphatic hydroxyl groups is 10. The van der Waals surface area contributed by atoms with E-state index in [9.17, 15) is 76.0 Å². The molecule has 0 radical (unpaired) electrons. The number of phenols is 3. The van der Waals surface area contributed by atoms with Gasteiger partial charge in [-0.05, 0) is 48.0 Å². The largest absolute Gasteiger partial charge is 0.508 e. The third-order valence-electron chi connectivity index (χ3n) is 11.5. The summed E-state index contributed by atoms with van der Waals surface area (Å²) in [6, 6.07) is 9.78. The number of hydrogen-bond acceptors (Lipinski definition) is 25. The van der Waals surface area contributed by atoms with Gasteiger partial charge in [0.2, 0.25) is 29.5 Å². The standard InChI is InChI=1S/C44H50O25/c1-60-22-9-16(10-23(61-2)29(22)50)3-8-27(49)68-41-36(57)31(52)25(14-46)66-44(41)62-15-26-32(53)35(56)37(58)42(67-26)63-19-11-20(48)28-21(12-19)64-39(17-4-6-18(47)7-5-17)40(33(28)54)69-43-38(59)34(55)30(51)24(13-45)65-43/h3-12,24-26,30-32,34-38,41-48,50-53,55-59H,13-15H2,1-2H3/b8-3+/t24-,25-,26-,30-,31-,32-,34+,35+,36+,37-,38-,41-,42-,43+,44-/m1/s1. The molecule has 3 saturated heterocycles. The zero-order chi connectivity index (χ0) is 50.0. The Bertz CT molecular complexity index is 2490. The number of fused-ring (bicyclic) bond motifs is 1. The topological polar surface area (TPSA) is 393 Å². The molecule has 0 amide bonds. The molecule has 3 aromatic carbocycles. The van der Waals surface area contributed by atoms with E-state index in [4.69, 9.17) is 47.0 Å². The normalized spacial score (nSPS) is 31.6. The number of aromatic hydroxyl groups is 3. The molecule has 0 unspecified atom stereocenters. The Morgan fingerprint density at radius 3 is 1.81 bits per heavy atom. The van der Waals surface area contributed by atoms with E-state index in [0.717, 1.165) is 18.2 Å². The SMILES string of the molecule is COc1cc(/C=C/C(=O)O[C@H]2[C@H](OC[C@H]3O[C@@H](Oc4cc(O)c5c(=O)c(O[C@@H]6O[C@H](CO)[C@@H](O)[C@H](O)[C@H]6O)c(-c6ccc(O)cc6)oc5c4)[C@H](O)[C@@H](O)[C@@H]3O)O[C@H](CO)[C@@H](O)[C@@H]2O)cc(OC)c1O. The summed E-state index contributed by atoms with van der Waals surface area (Å²) < 4.78 is 55.7. The van der Waals surface area contributed by atoms with Crippen molar-refractivity contribution in [2.45, 2.75) is 92.1 Å². The molecule has 376 valence electrons. The Morgan fingerprint density at radius 1 is 0.667 bits per heavy atom. The van der Waals surface area contributed by atoms with Crippen molar-refractivity contribution in [3.63, 3.8) is 0 Å². The van der Waals surface area contributed by atoms with Crippen LogP contribution in [0.3, 0.4) is 0 Å². The fraction of sp³-hybridized carbons (Fsp3) is 0.455. The maximum Gasteiger partial charge on any atom is 0.331 e. The van der Waals surface area contributed by atoms with Crippen molar-refractivity contribution in [3.8, 4) is 51.6 Å². The Hall–Kier alpha value is -5.88. The zero-order valence-corrected chi connectivity index (χ0v) is 36.3. The van der Waals surface area contributed by atoms with Crippen molar-refractivity contribution < 1.29 is 118 Å². The van der Waals surface area contributed by atoms with E-state index in [-0.39, 0.29) is 40.1 Å². The molecular weight excluding hydrogens is 928 g/mol. The molecule has 69 heavy (non-hydrogen) atoms. The van der Waals surface area contributed by atoms with Crippen molar-refractivity contribution in [2.75, 3.05) is 34.0 Å². The van der Waals surface area contributed by atoms with Gasteiger partial charge >= 0.3 is 5.97 Å². The molecule has 15 atom stereocenters. The number of esters is 1. The predicted octanol–water partition coefficient (Wildman–Crippen LogP) is -2.96. The van der Waals surface area contributed by atoms with E-state index in [1.807, 2.05) is 0 Å². The minimum atomic E-state index is -2.01. The molecule has 3 aliphatic rings. The lowest BCUT2D eigenvalue weighted by atomic mass is 9.98. The van der Waals surface area contributed by atoms with Gasteiger partial charge in [0.15, 0.2) is 29.7 Å². The Labute approximate surface area is 388 Å². The minimum absolute atomic E-state index is 0.0196. The maximum absolute atomic E-state index is 14.1. The second-order valence-electron chi connectivity index (χ2n) is 15.9. The second-order valence-corrected chi connectivity index (χ2v) is 15.9. The molecule has 7 rings (SSSR count). The molecule has 4 heterocycles. The van der Waals surface area contributed by atoms with Crippen LogP contribution in [-0.2, 0) is 28.5 Å². The molecule has 0 aliphatic carbocycles. The number of carbonyl (C=O) groups is 1. The van der Waals surface area contributed by atoms with Crippen LogP contribution in [0.15, 0.2) is 63.8 Å². The summed E-state index contributed by atoms with van der Waals surface area (Å²) in [5.74, 6) is -3.79. The highest BCUT2D eigenvalue weighted by atomic mass is 16.7. The molecule has 13 N–H and O–H groups in total. The average Bonchev–Trinajstić information content (AvgIpc) is 3.33. The van der Waals surface area contributed by atoms with Gasteiger partial charge in [-0.15, -0.1) is 0 Å². The molecule has 1 aromatic heterocycles. The average molecular weight is 979 g/mol. The lowest BCUT2D eigenvalue weighted by Crippen LogP contribution is -2.62. The van der Waals surface area contributed by atoms with E-state index in [1.165, 1.54) is 56.7 Å². The van der Waals surface area contributed by atoms with E-state index >= 15 is 0 Å². The van der Waals surface area contributed by atoms with Gasteiger partial charge in [-0.2, -0.15) is 0 Å². The van der Waals surface area contributed by atoms with Gasteiger partial charge in [0, 0.05) is 23.8 Å². The number of carbonyl (C=O) groups excluding carboxylic acids is 1. The molecule has 0 saturated carbocycles. The predicted molar refractivity (Wildman–Crippen MR) is 227 cm³/mol. The van der Waals surface area contributed by atoms with Gasteiger partial charge in [0.1, 0.15) is 95.4 Å². The van der Waals surface area contributed by atoms with Crippen molar-refractivity contribution in [2.24, 2.45) is 0 Å². The quantitative estimate of drug-likeness (QED) is 0.0418. The first kappa shape index (κ1) is 51.0. The first-order valence-electron chi connectivity index (χ1n) is 20.9. The van der Waals surface area contributed by atoms with Crippen LogP contribution in [0, 0.1) is 0 Å². The summed E-state index contributed by atoms with van der Waals surface area (Å²) in [6.07, 6.45) is -24.9. The van der Waals surface area contributed by atoms with Crippen LogP contribution in [0.5, 0.6) is 40.2 Å². The van der Waals surface area contributed by atoms with Gasteiger partial charge in [0.05, 0.1) is 34.0 Å². The first-order chi connectivity index (χ1) is 32.9. The van der Waals surface area contributed by atoms with E-state index in [2.05, 4.69) is 0 Å². The van der Waals surface area contributed by atoms with Gasteiger partial charge in [-0.25, -0.2) is 4.79 Å². The molecule has 25 heteroatoms. The summed E-state index contributed by atoms with van der Waals surface area (Å²) in [5, 5.41) is 136. The van der Waals surface area contributed by atoms with Crippen LogP contribution < -0.4 is 24.4 Å². The molecule has 3 fully saturated rings. The number of aliphatic hydroxyl groups excluding tert-OH is 10. The molecule has 4 aromatic rings. The fourth-order valence-corrected chi connectivity index (χ4v) is 7.66. The van der Waals surface area contributed by atoms with Crippen molar-refractivity contribution in [1.29, 1.82) is 0 Å². The number of phenolic OH excluding ortho intramolecular Hbond substituents is 3. The summed E-state index contributed by atoms with van der Waals surface area (Å²) in [6.45, 7) is -2.43. The summed E-state index contributed by atoms with van der Waals surface area (Å²) >= 11 is 0. The third kappa shape index (κ3) is 10.5. The van der Waals surface area contributed by atoms with Crippen LogP contribution in [0.4, 0.5) is 0 Å². The summed E-state index contributed by atoms with van der Waals surface area (Å²) in [4.78, 5) is 27.1. The number of hydrogen-bond donors (Lipinski definition) is 13. The maximum atomic E-state index is 14.1. The Balaban J connectivity index is 1.11. The molecule has 3 aliphatic heterocycles. The minimum Gasteiger partial charge on any atom is -0.508 e. The summed E-state index contributed by atoms with van der Waals surface area (Å²) in [7, 11) is 2.59. The monoisotopic (exact) mass is 978 g/mol. The molecular formula is C44H50O25. The number of methoxy groups -OCH3 is 2. The highest BCUT2D eigenvalue weighted by Gasteiger charge is 2.50. The van der Waals surface area contributed by atoms with Gasteiger partial charge in [-0.1, -0.05) is 0 Å². The smallest absolute Gasteiger partial charge is 0.331 e. The fourth-order valence-electron chi connectivity index (χ4n) is 7.66. The van der Waals surface area contributed by atoms with Gasteiger partial charge in [-0.3, -0.25) is 4.79 Å². The molecule has 25 nitrogen and oxygen atoms in total. The van der Waals surface area contributed by atoms with E-state index in [0.29, 0.717) is 5.56 Å². The second kappa shape index (κ2) is 21.4. The van der Waals surface area contributed by atoms with Gasteiger partial charge < -0.3 is 113 Å². The van der Waals surface area contributed by atoms with Crippen molar-refractivity contribution >= 4 is 23.0 Å². The first-order valence-corrected chi connectivity index (χ1v) is 20.9. The van der Waals surface area contributed by atoms with Crippen molar-refractivity contribution in [3.05, 3.63) is 70.4 Å². The Morgan fingerprint density at radius 2 is 1.22 bits per heavy atom. The number of benzene rings is 3. The Kier molecular flexibility index (Phi) is 15.8.